The van der Waals surface area contributed by atoms with Crippen molar-refractivity contribution in [3.8, 4) is 0 Å². The minimum absolute atomic E-state index is 0.333. The molecule has 5 heteroatoms. The summed E-state index contributed by atoms with van der Waals surface area (Å²) in [5, 5.41) is 3.12. The van der Waals surface area contributed by atoms with E-state index < -0.39 is 0 Å². The van der Waals surface area contributed by atoms with Gasteiger partial charge >= 0.3 is 0 Å². The minimum Gasteiger partial charge on any atom is -0.381 e. The molecule has 23 heavy (non-hydrogen) atoms. The van der Waals surface area contributed by atoms with E-state index in [-0.39, 0.29) is 0 Å². The fourth-order valence-corrected chi connectivity index (χ4v) is 2.34. The molecule has 1 aromatic carbocycles. The highest BCUT2D eigenvalue weighted by atomic mass is 16.5. The Morgan fingerprint density at radius 1 is 1.26 bits per heavy atom. The average Bonchev–Trinajstić information content (AvgIpc) is 2.58. The van der Waals surface area contributed by atoms with Gasteiger partial charge in [-0.25, -0.2) is 4.99 Å². The average molecular weight is 319 g/mol. The van der Waals surface area contributed by atoms with Gasteiger partial charge in [0, 0.05) is 19.8 Å². The number of nitrogens with two attached hydrogens (primary N) is 1. The van der Waals surface area contributed by atoms with Crippen molar-refractivity contribution in [2.75, 3.05) is 19.8 Å². The van der Waals surface area contributed by atoms with E-state index in [0.717, 1.165) is 38.2 Å². The zero-order chi connectivity index (χ0) is 16.5. The molecule has 0 amide bonds. The maximum atomic E-state index is 5.92. The predicted octanol–water partition coefficient (Wildman–Crippen LogP) is 2.44. The maximum absolute atomic E-state index is 5.92. The van der Waals surface area contributed by atoms with Crippen LogP contribution in [0, 0.1) is 5.92 Å². The summed E-state index contributed by atoms with van der Waals surface area (Å²) in [6, 6.07) is 8.37. The van der Waals surface area contributed by atoms with Gasteiger partial charge in [-0.2, -0.15) is 0 Å². The summed E-state index contributed by atoms with van der Waals surface area (Å²) in [5.41, 5.74) is 8.18. The van der Waals surface area contributed by atoms with Crippen LogP contribution in [-0.2, 0) is 22.6 Å². The van der Waals surface area contributed by atoms with Crippen LogP contribution in [0.25, 0.3) is 0 Å². The Morgan fingerprint density at radius 3 is 2.57 bits per heavy atom. The number of benzene rings is 1. The van der Waals surface area contributed by atoms with Gasteiger partial charge in [0.25, 0.3) is 0 Å². The quantitative estimate of drug-likeness (QED) is 0.598. The van der Waals surface area contributed by atoms with E-state index in [2.05, 4.69) is 48.4 Å². The van der Waals surface area contributed by atoms with Crippen molar-refractivity contribution < 1.29 is 9.47 Å². The molecule has 0 bridgehead atoms. The third kappa shape index (κ3) is 7.01. The van der Waals surface area contributed by atoms with Gasteiger partial charge in [-0.1, -0.05) is 38.1 Å². The molecule has 1 aromatic rings. The number of aliphatic imine (C=N–C) groups is 1. The molecular formula is C18H29N3O2. The number of ether oxygens (including phenoxy) is 2. The third-order valence-electron chi connectivity index (χ3n) is 3.80. The number of nitrogens with one attached hydrogen (secondary N) is 1. The summed E-state index contributed by atoms with van der Waals surface area (Å²) >= 11 is 0. The van der Waals surface area contributed by atoms with Gasteiger partial charge in [0.05, 0.1) is 19.3 Å². The van der Waals surface area contributed by atoms with Crippen molar-refractivity contribution in [1.29, 1.82) is 0 Å². The lowest BCUT2D eigenvalue weighted by molar-refractivity contribution is -0.0390. The second-order valence-corrected chi connectivity index (χ2v) is 6.42. The van der Waals surface area contributed by atoms with E-state index in [1.165, 1.54) is 5.56 Å². The van der Waals surface area contributed by atoms with Gasteiger partial charge in [-0.15, -0.1) is 0 Å². The molecule has 0 aliphatic carbocycles. The van der Waals surface area contributed by atoms with E-state index in [9.17, 15) is 0 Å². The third-order valence-corrected chi connectivity index (χ3v) is 3.80. The molecule has 0 aromatic heterocycles. The lowest BCUT2D eigenvalue weighted by Gasteiger charge is -2.22. The summed E-state index contributed by atoms with van der Waals surface area (Å²) in [4.78, 5) is 4.35. The van der Waals surface area contributed by atoms with Crippen LogP contribution in [0.1, 0.15) is 37.8 Å². The fraction of sp³-hybridized carbons (Fsp3) is 0.611. The molecule has 0 unspecified atom stereocenters. The second kappa shape index (κ2) is 9.53. The Bertz CT molecular complexity index is 480. The van der Waals surface area contributed by atoms with Crippen LogP contribution in [0.15, 0.2) is 29.3 Å². The Labute approximate surface area is 139 Å². The first-order chi connectivity index (χ1) is 11.1. The molecular weight excluding hydrogens is 290 g/mol. The van der Waals surface area contributed by atoms with E-state index in [0.29, 0.717) is 31.1 Å². The molecule has 1 heterocycles. The van der Waals surface area contributed by atoms with Crippen LogP contribution in [0.2, 0.25) is 0 Å². The van der Waals surface area contributed by atoms with Gasteiger partial charge in [0.15, 0.2) is 5.96 Å². The lowest BCUT2D eigenvalue weighted by atomic mass is 10.1. The zero-order valence-corrected chi connectivity index (χ0v) is 14.3. The second-order valence-electron chi connectivity index (χ2n) is 6.42. The normalized spacial score (nSPS) is 16.7. The van der Waals surface area contributed by atoms with Crippen molar-refractivity contribution in [1.82, 2.24) is 5.32 Å². The number of hydrogen-bond donors (Lipinski definition) is 2. The van der Waals surface area contributed by atoms with Crippen LogP contribution in [0.5, 0.6) is 0 Å². The molecule has 0 atom stereocenters. The Morgan fingerprint density at radius 2 is 1.91 bits per heavy atom. The monoisotopic (exact) mass is 319 g/mol. The summed E-state index contributed by atoms with van der Waals surface area (Å²) in [7, 11) is 0. The molecule has 3 N–H and O–H groups in total. The van der Waals surface area contributed by atoms with Crippen LogP contribution >= 0.6 is 0 Å². The van der Waals surface area contributed by atoms with Gasteiger partial charge in [-0.05, 0) is 29.9 Å². The molecule has 2 rings (SSSR count). The molecule has 1 aliphatic heterocycles. The summed E-state index contributed by atoms with van der Waals surface area (Å²) in [6.45, 7) is 8.01. The smallest absolute Gasteiger partial charge is 0.188 e. The Kier molecular flexibility index (Phi) is 7.36. The summed E-state index contributed by atoms with van der Waals surface area (Å²) < 4.78 is 11.3. The van der Waals surface area contributed by atoms with Crippen molar-refractivity contribution in [2.24, 2.45) is 16.6 Å². The zero-order valence-electron chi connectivity index (χ0n) is 14.3. The van der Waals surface area contributed by atoms with Gasteiger partial charge in [0.1, 0.15) is 0 Å². The van der Waals surface area contributed by atoms with Crippen LogP contribution < -0.4 is 11.1 Å². The topological polar surface area (TPSA) is 68.9 Å². The molecule has 128 valence electrons. The van der Waals surface area contributed by atoms with Crippen molar-refractivity contribution in [2.45, 2.75) is 45.9 Å². The largest absolute Gasteiger partial charge is 0.381 e. The SMILES string of the molecule is CC(C)CNC(N)=NCc1ccc(COC2CCOCC2)cc1. The lowest BCUT2D eigenvalue weighted by Crippen LogP contribution is -2.34. The molecule has 5 nitrogen and oxygen atoms in total. The highest BCUT2D eigenvalue weighted by molar-refractivity contribution is 5.77. The highest BCUT2D eigenvalue weighted by Crippen LogP contribution is 2.14. The molecule has 1 fully saturated rings. The van der Waals surface area contributed by atoms with Crippen LogP contribution in [-0.4, -0.2) is 31.8 Å². The summed E-state index contributed by atoms with van der Waals surface area (Å²) in [6.07, 6.45) is 2.32. The van der Waals surface area contributed by atoms with Crippen molar-refractivity contribution >= 4 is 5.96 Å². The van der Waals surface area contributed by atoms with E-state index in [4.69, 9.17) is 15.2 Å². The molecule has 0 radical (unpaired) electrons. The van der Waals surface area contributed by atoms with Crippen LogP contribution in [0.3, 0.4) is 0 Å². The predicted molar refractivity (Wildman–Crippen MR) is 93.2 cm³/mol. The molecule has 0 spiro atoms. The van der Waals surface area contributed by atoms with E-state index in [1.807, 2.05) is 0 Å². The minimum atomic E-state index is 0.333. The molecule has 1 saturated heterocycles. The van der Waals surface area contributed by atoms with Gasteiger partial charge in [-0.3, -0.25) is 0 Å². The number of nitrogens with zero attached hydrogens (tertiary/aromatic N) is 1. The Hall–Kier alpha value is -1.59. The molecule has 1 aliphatic rings. The van der Waals surface area contributed by atoms with Crippen LogP contribution in [0.4, 0.5) is 0 Å². The number of rotatable bonds is 7. The Balaban J connectivity index is 1.74. The van der Waals surface area contributed by atoms with E-state index in [1.54, 1.807) is 0 Å². The maximum Gasteiger partial charge on any atom is 0.188 e. The van der Waals surface area contributed by atoms with Gasteiger partial charge in [0.2, 0.25) is 0 Å². The van der Waals surface area contributed by atoms with E-state index >= 15 is 0 Å². The first kappa shape index (κ1) is 17.8. The van der Waals surface area contributed by atoms with Crippen molar-refractivity contribution in [3.63, 3.8) is 0 Å². The van der Waals surface area contributed by atoms with Gasteiger partial charge < -0.3 is 20.5 Å². The van der Waals surface area contributed by atoms with Crippen molar-refractivity contribution in [3.05, 3.63) is 35.4 Å². The fourth-order valence-electron chi connectivity index (χ4n) is 2.34. The molecule has 0 saturated carbocycles. The first-order valence-corrected chi connectivity index (χ1v) is 8.44. The number of guanidine groups is 1. The standard InChI is InChI=1S/C18H29N3O2/c1-14(2)11-20-18(19)21-12-15-3-5-16(6-4-15)13-23-17-7-9-22-10-8-17/h3-6,14,17H,7-13H2,1-2H3,(H3,19,20,21). The number of hydrogen-bond acceptors (Lipinski definition) is 3. The first-order valence-electron chi connectivity index (χ1n) is 8.44. The summed E-state index contributed by atoms with van der Waals surface area (Å²) in [5.74, 6) is 1.06. The highest BCUT2D eigenvalue weighted by Gasteiger charge is 2.13.